The molecule has 0 aliphatic carbocycles. The van der Waals surface area contributed by atoms with E-state index in [2.05, 4.69) is 10.1 Å². The number of esters is 1. The molecule has 0 aliphatic rings. The van der Waals surface area contributed by atoms with E-state index in [1.54, 1.807) is 13.0 Å². The number of carbonyl (C=O) groups excluding carboxylic acids is 1. The van der Waals surface area contributed by atoms with E-state index in [4.69, 9.17) is 4.74 Å². The van der Waals surface area contributed by atoms with Crippen LogP contribution in [0.4, 0.5) is 18.9 Å². The van der Waals surface area contributed by atoms with Gasteiger partial charge in [0.1, 0.15) is 6.61 Å². The van der Waals surface area contributed by atoms with Crippen LogP contribution in [0.25, 0.3) is 0 Å². The van der Waals surface area contributed by atoms with Crippen molar-refractivity contribution in [3.63, 3.8) is 0 Å². The highest BCUT2D eigenvalue weighted by atomic mass is 19.4. The second kappa shape index (κ2) is 7.87. The van der Waals surface area contributed by atoms with Gasteiger partial charge in [-0.25, -0.2) is 4.79 Å². The quantitative estimate of drug-likeness (QED) is 0.621. The van der Waals surface area contributed by atoms with Gasteiger partial charge in [-0.1, -0.05) is 6.07 Å². The van der Waals surface area contributed by atoms with Crippen molar-refractivity contribution in [3.05, 3.63) is 29.3 Å². The first kappa shape index (κ1) is 17.3. The zero-order valence-electron chi connectivity index (χ0n) is 11.9. The number of carbonyl (C=O) groups is 1. The topological polar surface area (TPSA) is 47.6 Å². The van der Waals surface area contributed by atoms with Crippen LogP contribution in [0.1, 0.15) is 18.1 Å². The average molecular weight is 305 g/mol. The average Bonchev–Trinajstić information content (AvgIpc) is 2.39. The van der Waals surface area contributed by atoms with Crippen molar-refractivity contribution in [2.75, 3.05) is 31.7 Å². The molecular formula is C14H18F3NO3. The van der Waals surface area contributed by atoms with E-state index in [0.29, 0.717) is 12.2 Å². The highest BCUT2D eigenvalue weighted by Crippen LogP contribution is 2.33. The Hall–Kier alpha value is -1.76. The van der Waals surface area contributed by atoms with Crippen molar-refractivity contribution in [1.29, 1.82) is 0 Å². The maximum absolute atomic E-state index is 12.7. The summed E-state index contributed by atoms with van der Waals surface area (Å²) in [5.41, 5.74) is -0.140. The van der Waals surface area contributed by atoms with Crippen LogP contribution in [0.5, 0.6) is 0 Å². The van der Waals surface area contributed by atoms with Gasteiger partial charge in [0.05, 0.1) is 18.8 Å². The van der Waals surface area contributed by atoms with E-state index in [9.17, 15) is 18.0 Å². The molecule has 4 nitrogen and oxygen atoms in total. The molecule has 0 aromatic heterocycles. The van der Waals surface area contributed by atoms with Gasteiger partial charge in [0.15, 0.2) is 0 Å². The summed E-state index contributed by atoms with van der Waals surface area (Å²) in [6.45, 7) is 3.69. The molecule has 0 fully saturated rings. The Morgan fingerprint density at radius 3 is 2.67 bits per heavy atom. The Bertz CT molecular complexity index is 475. The van der Waals surface area contributed by atoms with Crippen LogP contribution in [-0.4, -0.2) is 32.3 Å². The number of benzene rings is 1. The van der Waals surface area contributed by atoms with Crippen LogP contribution in [0.2, 0.25) is 0 Å². The number of rotatable bonds is 7. The Kier molecular flexibility index (Phi) is 6.48. The molecule has 0 saturated carbocycles. The number of alkyl halides is 3. The largest absolute Gasteiger partial charge is 0.464 e. The summed E-state index contributed by atoms with van der Waals surface area (Å²) in [5, 5.41) is 2.81. The molecule has 0 aliphatic heterocycles. The molecular weight excluding hydrogens is 287 g/mol. The van der Waals surface area contributed by atoms with Crippen molar-refractivity contribution in [1.82, 2.24) is 0 Å². The van der Waals surface area contributed by atoms with Crippen LogP contribution in [0.15, 0.2) is 18.2 Å². The smallest absolute Gasteiger partial charge is 0.416 e. The fraction of sp³-hybridized carbons (Fsp3) is 0.500. The van der Waals surface area contributed by atoms with Crippen LogP contribution in [0, 0.1) is 6.92 Å². The molecule has 21 heavy (non-hydrogen) atoms. The minimum atomic E-state index is -4.37. The van der Waals surface area contributed by atoms with Gasteiger partial charge in [-0.2, -0.15) is 13.2 Å². The molecule has 1 aromatic carbocycles. The van der Waals surface area contributed by atoms with E-state index < -0.39 is 17.7 Å². The minimum Gasteiger partial charge on any atom is -0.464 e. The number of anilines is 1. The Morgan fingerprint density at radius 2 is 2.05 bits per heavy atom. The summed E-state index contributed by atoms with van der Waals surface area (Å²) in [4.78, 5) is 11.0. The van der Waals surface area contributed by atoms with Gasteiger partial charge in [0.2, 0.25) is 0 Å². The van der Waals surface area contributed by atoms with Gasteiger partial charge >= 0.3 is 12.1 Å². The standard InChI is InChI=1S/C14H18F3NO3/c1-3-21-13(19)9-20-7-6-18-11-5-4-10(2)12(8-11)14(15,16)17/h4-5,8,18H,3,6-7,9H2,1-2H3. The van der Waals surface area contributed by atoms with Gasteiger partial charge in [0, 0.05) is 12.2 Å². The second-order valence-electron chi connectivity index (χ2n) is 4.31. The second-order valence-corrected chi connectivity index (χ2v) is 4.31. The van der Waals surface area contributed by atoms with E-state index in [0.717, 1.165) is 6.07 Å². The summed E-state index contributed by atoms with van der Waals surface area (Å²) >= 11 is 0. The highest BCUT2D eigenvalue weighted by molar-refractivity contribution is 5.70. The number of hydrogen-bond acceptors (Lipinski definition) is 4. The normalized spacial score (nSPS) is 11.3. The summed E-state index contributed by atoms with van der Waals surface area (Å²) in [5.74, 6) is -0.466. The first-order valence-electron chi connectivity index (χ1n) is 6.49. The lowest BCUT2D eigenvalue weighted by atomic mass is 10.1. The number of halogens is 3. The summed E-state index contributed by atoms with van der Waals surface area (Å²) in [6.07, 6.45) is -4.37. The molecule has 1 rings (SSSR count). The van der Waals surface area contributed by atoms with Crippen molar-refractivity contribution < 1.29 is 27.4 Å². The third kappa shape index (κ3) is 6.03. The van der Waals surface area contributed by atoms with Gasteiger partial charge in [-0.15, -0.1) is 0 Å². The van der Waals surface area contributed by atoms with E-state index >= 15 is 0 Å². The summed E-state index contributed by atoms with van der Waals surface area (Å²) in [6, 6.07) is 4.03. The Labute approximate surface area is 121 Å². The highest BCUT2D eigenvalue weighted by Gasteiger charge is 2.32. The molecule has 0 bridgehead atoms. The summed E-state index contributed by atoms with van der Waals surface area (Å²) in [7, 11) is 0. The van der Waals surface area contributed by atoms with Crippen molar-refractivity contribution in [2.24, 2.45) is 0 Å². The molecule has 1 aromatic rings. The number of hydrogen-bond donors (Lipinski definition) is 1. The molecule has 7 heteroatoms. The van der Waals surface area contributed by atoms with E-state index in [1.807, 2.05) is 0 Å². The van der Waals surface area contributed by atoms with Crippen molar-refractivity contribution in [3.8, 4) is 0 Å². The summed E-state index contributed by atoms with van der Waals surface area (Å²) < 4.78 is 47.9. The van der Waals surface area contributed by atoms with Crippen LogP contribution >= 0.6 is 0 Å². The lowest BCUT2D eigenvalue weighted by Crippen LogP contribution is -2.17. The molecule has 0 unspecified atom stereocenters. The minimum absolute atomic E-state index is 0.169. The lowest BCUT2D eigenvalue weighted by molar-refractivity contribution is -0.148. The van der Waals surface area contributed by atoms with E-state index in [-0.39, 0.29) is 25.4 Å². The van der Waals surface area contributed by atoms with Gasteiger partial charge in [-0.05, 0) is 31.5 Å². The first-order chi connectivity index (χ1) is 9.84. The fourth-order valence-electron chi connectivity index (χ4n) is 1.66. The molecule has 0 saturated heterocycles. The zero-order chi connectivity index (χ0) is 15.9. The zero-order valence-corrected chi connectivity index (χ0v) is 11.9. The first-order valence-corrected chi connectivity index (χ1v) is 6.49. The molecule has 0 spiro atoms. The molecule has 0 heterocycles. The SMILES string of the molecule is CCOC(=O)COCCNc1ccc(C)c(C(F)(F)F)c1. The maximum Gasteiger partial charge on any atom is 0.416 e. The van der Waals surface area contributed by atoms with Crippen LogP contribution < -0.4 is 5.32 Å². The van der Waals surface area contributed by atoms with Gasteiger partial charge in [-0.3, -0.25) is 0 Å². The number of ether oxygens (including phenoxy) is 2. The van der Waals surface area contributed by atoms with Crippen LogP contribution in [0.3, 0.4) is 0 Å². The molecule has 0 amide bonds. The lowest BCUT2D eigenvalue weighted by Gasteiger charge is -2.13. The monoisotopic (exact) mass is 305 g/mol. The predicted molar refractivity (Wildman–Crippen MR) is 72.1 cm³/mol. The van der Waals surface area contributed by atoms with Gasteiger partial charge in [0.25, 0.3) is 0 Å². The van der Waals surface area contributed by atoms with Crippen LogP contribution in [-0.2, 0) is 20.4 Å². The van der Waals surface area contributed by atoms with Gasteiger partial charge < -0.3 is 14.8 Å². The van der Waals surface area contributed by atoms with Crippen molar-refractivity contribution in [2.45, 2.75) is 20.0 Å². The fourth-order valence-corrected chi connectivity index (χ4v) is 1.66. The predicted octanol–water partition coefficient (Wildman–Crippen LogP) is 3.01. The third-order valence-electron chi connectivity index (χ3n) is 2.64. The Balaban J connectivity index is 2.41. The molecule has 0 radical (unpaired) electrons. The molecule has 118 valence electrons. The third-order valence-corrected chi connectivity index (χ3v) is 2.64. The maximum atomic E-state index is 12.7. The number of aryl methyl sites for hydroxylation is 1. The van der Waals surface area contributed by atoms with E-state index in [1.165, 1.54) is 13.0 Å². The molecule has 0 atom stereocenters. The number of nitrogens with one attached hydrogen (secondary N) is 1. The molecule has 1 N–H and O–H groups in total. The Morgan fingerprint density at radius 1 is 1.33 bits per heavy atom. The van der Waals surface area contributed by atoms with Crippen molar-refractivity contribution >= 4 is 11.7 Å².